The van der Waals surface area contributed by atoms with E-state index in [0.717, 1.165) is 6.42 Å². The van der Waals surface area contributed by atoms with Crippen molar-refractivity contribution in [2.45, 2.75) is 39.7 Å². The van der Waals surface area contributed by atoms with E-state index >= 15 is 0 Å². The Morgan fingerprint density at radius 3 is 2.53 bits per heavy atom. The first-order valence-corrected chi connectivity index (χ1v) is 6.10. The van der Waals surface area contributed by atoms with Crippen LogP contribution in [-0.2, 0) is 6.42 Å². The number of benzene rings is 1. The second-order valence-electron chi connectivity index (χ2n) is 5.53. The van der Waals surface area contributed by atoms with Crippen LogP contribution in [0.15, 0.2) is 18.2 Å². The molecule has 1 rings (SSSR count). The highest BCUT2D eigenvalue weighted by atomic mass is 35.5. The van der Waals surface area contributed by atoms with Crippen LogP contribution in [0.2, 0.25) is 5.02 Å². The molecule has 0 spiro atoms. The molecule has 0 aliphatic heterocycles. The van der Waals surface area contributed by atoms with E-state index in [9.17, 15) is 4.39 Å². The van der Waals surface area contributed by atoms with Crippen molar-refractivity contribution in [3.63, 3.8) is 0 Å². The molecule has 0 saturated carbocycles. The fourth-order valence-electron chi connectivity index (χ4n) is 1.90. The number of rotatable bonds is 4. The Hall–Kier alpha value is -0.640. The van der Waals surface area contributed by atoms with Gasteiger partial charge in [-0.3, -0.25) is 11.3 Å². The zero-order chi connectivity index (χ0) is 13.1. The van der Waals surface area contributed by atoms with E-state index in [0.29, 0.717) is 17.0 Å². The van der Waals surface area contributed by atoms with Crippen LogP contribution in [0.3, 0.4) is 0 Å². The van der Waals surface area contributed by atoms with Crippen LogP contribution in [-0.4, -0.2) is 6.04 Å². The maximum Gasteiger partial charge on any atom is 0.127 e. The Morgan fingerprint density at radius 2 is 2.06 bits per heavy atom. The second-order valence-corrected chi connectivity index (χ2v) is 5.94. The summed E-state index contributed by atoms with van der Waals surface area (Å²) in [5, 5.41) is 0.458. The summed E-state index contributed by atoms with van der Waals surface area (Å²) in [6, 6.07) is 4.75. The van der Waals surface area contributed by atoms with Crippen LogP contribution < -0.4 is 11.3 Å². The lowest BCUT2D eigenvalue weighted by Crippen LogP contribution is -2.39. The van der Waals surface area contributed by atoms with Crippen LogP contribution in [0.25, 0.3) is 0 Å². The first-order valence-electron chi connectivity index (χ1n) is 5.72. The third-order valence-electron chi connectivity index (χ3n) is 2.61. The van der Waals surface area contributed by atoms with Gasteiger partial charge in [-0.1, -0.05) is 38.4 Å². The third kappa shape index (κ3) is 4.62. The summed E-state index contributed by atoms with van der Waals surface area (Å²) in [5.74, 6) is 5.24. The molecule has 1 unspecified atom stereocenters. The zero-order valence-corrected chi connectivity index (χ0v) is 11.3. The van der Waals surface area contributed by atoms with Crippen molar-refractivity contribution in [1.29, 1.82) is 0 Å². The Kier molecular flexibility index (Phi) is 4.92. The molecule has 0 aromatic heterocycles. The molecular weight excluding hydrogens is 239 g/mol. The molecule has 2 nitrogen and oxygen atoms in total. The van der Waals surface area contributed by atoms with Gasteiger partial charge in [-0.25, -0.2) is 4.39 Å². The normalized spacial score (nSPS) is 13.8. The molecular formula is C13H20ClFN2. The van der Waals surface area contributed by atoms with Crippen LogP contribution in [0, 0.1) is 11.2 Å². The predicted molar refractivity (Wildman–Crippen MR) is 70.3 cm³/mol. The molecule has 0 bridgehead atoms. The van der Waals surface area contributed by atoms with Gasteiger partial charge in [0.25, 0.3) is 0 Å². The lowest BCUT2D eigenvalue weighted by atomic mass is 9.86. The van der Waals surface area contributed by atoms with Crippen molar-refractivity contribution >= 4 is 11.6 Å². The number of hydrazine groups is 1. The van der Waals surface area contributed by atoms with E-state index in [1.807, 2.05) is 0 Å². The van der Waals surface area contributed by atoms with Gasteiger partial charge in [0.2, 0.25) is 0 Å². The number of halogens is 2. The third-order valence-corrected chi connectivity index (χ3v) is 2.96. The quantitative estimate of drug-likeness (QED) is 0.643. The standard InChI is InChI=1S/C13H20ClFN2/c1-13(2,3)8-9(17-16)7-10-11(14)5-4-6-12(10)15/h4-6,9,17H,7-8,16H2,1-3H3. The summed E-state index contributed by atoms with van der Waals surface area (Å²) in [5.41, 5.74) is 3.40. The first-order chi connectivity index (χ1) is 7.83. The lowest BCUT2D eigenvalue weighted by Gasteiger charge is -2.25. The molecule has 0 radical (unpaired) electrons. The lowest BCUT2D eigenvalue weighted by molar-refractivity contribution is 0.307. The van der Waals surface area contributed by atoms with E-state index in [2.05, 4.69) is 26.2 Å². The van der Waals surface area contributed by atoms with Crippen molar-refractivity contribution in [3.8, 4) is 0 Å². The van der Waals surface area contributed by atoms with E-state index in [-0.39, 0.29) is 17.3 Å². The molecule has 1 aromatic carbocycles. The summed E-state index contributed by atoms with van der Waals surface area (Å²) in [6.07, 6.45) is 1.35. The molecule has 1 atom stereocenters. The van der Waals surface area contributed by atoms with Crippen LogP contribution in [0.4, 0.5) is 4.39 Å². The summed E-state index contributed by atoms with van der Waals surface area (Å²) in [6.45, 7) is 6.38. The minimum Gasteiger partial charge on any atom is -0.271 e. The summed E-state index contributed by atoms with van der Waals surface area (Å²) < 4.78 is 13.6. The molecule has 0 fully saturated rings. The van der Waals surface area contributed by atoms with Crippen molar-refractivity contribution < 1.29 is 4.39 Å². The van der Waals surface area contributed by atoms with E-state index in [1.165, 1.54) is 6.07 Å². The maximum atomic E-state index is 13.6. The molecule has 0 saturated heterocycles. The monoisotopic (exact) mass is 258 g/mol. The number of hydrogen-bond acceptors (Lipinski definition) is 2. The van der Waals surface area contributed by atoms with Gasteiger partial charge >= 0.3 is 0 Å². The SMILES string of the molecule is CC(C)(C)CC(Cc1c(F)cccc1Cl)NN. The van der Waals surface area contributed by atoms with Gasteiger partial charge in [0.1, 0.15) is 5.82 Å². The second kappa shape index (κ2) is 5.80. The fraction of sp³-hybridized carbons (Fsp3) is 0.538. The van der Waals surface area contributed by atoms with Crippen molar-refractivity contribution in [2.24, 2.45) is 11.3 Å². The topological polar surface area (TPSA) is 38.0 Å². The number of hydrogen-bond donors (Lipinski definition) is 2. The largest absolute Gasteiger partial charge is 0.271 e. The van der Waals surface area contributed by atoms with E-state index < -0.39 is 0 Å². The highest BCUT2D eigenvalue weighted by Crippen LogP contribution is 2.25. The van der Waals surface area contributed by atoms with Gasteiger partial charge < -0.3 is 0 Å². The minimum absolute atomic E-state index is 0.0180. The van der Waals surface area contributed by atoms with Crippen molar-refractivity contribution in [1.82, 2.24) is 5.43 Å². The highest BCUT2D eigenvalue weighted by molar-refractivity contribution is 6.31. The van der Waals surface area contributed by atoms with Gasteiger partial charge in [-0.2, -0.15) is 0 Å². The molecule has 96 valence electrons. The molecule has 3 N–H and O–H groups in total. The number of nitrogens with one attached hydrogen (secondary N) is 1. The van der Waals surface area contributed by atoms with Crippen LogP contribution >= 0.6 is 11.6 Å². The van der Waals surface area contributed by atoms with Gasteiger partial charge in [-0.05, 0) is 30.4 Å². The number of nitrogens with two attached hydrogens (primary N) is 1. The van der Waals surface area contributed by atoms with Gasteiger partial charge in [0.05, 0.1) is 0 Å². The minimum atomic E-state index is -0.272. The Morgan fingerprint density at radius 1 is 1.41 bits per heavy atom. The smallest absolute Gasteiger partial charge is 0.127 e. The fourth-order valence-corrected chi connectivity index (χ4v) is 2.14. The molecule has 4 heteroatoms. The summed E-state index contributed by atoms with van der Waals surface area (Å²) in [4.78, 5) is 0. The van der Waals surface area contributed by atoms with Gasteiger partial charge in [0.15, 0.2) is 0 Å². The average Bonchev–Trinajstić information content (AvgIpc) is 2.20. The Labute approximate surface area is 107 Å². The Bertz CT molecular complexity index is 354. The molecule has 0 amide bonds. The predicted octanol–water partition coefficient (Wildman–Crippen LogP) is 3.29. The maximum absolute atomic E-state index is 13.6. The molecule has 0 aliphatic carbocycles. The average molecular weight is 259 g/mol. The first kappa shape index (κ1) is 14.4. The van der Waals surface area contributed by atoms with Crippen LogP contribution in [0.1, 0.15) is 32.8 Å². The van der Waals surface area contributed by atoms with E-state index in [4.69, 9.17) is 17.4 Å². The molecule has 0 heterocycles. The van der Waals surface area contributed by atoms with Gasteiger partial charge in [-0.15, -0.1) is 0 Å². The van der Waals surface area contributed by atoms with Crippen molar-refractivity contribution in [3.05, 3.63) is 34.6 Å². The zero-order valence-electron chi connectivity index (χ0n) is 10.6. The Balaban J connectivity index is 2.81. The molecule has 0 aliphatic rings. The summed E-state index contributed by atoms with van der Waals surface area (Å²) >= 11 is 5.99. The van der Waals surface area contributed by atoms with Gasteiger partial charge in [0, 0.05) is 16.6 Å². The summed E-state index contributed by atoms with van der Waals surface area (Å²) in [7, 11) is 0. The van der Waals surface area contributed by atoms with Crippen LogP contribution in [0.5, 0.6) is 0 Å². The highest BCUT2D eigenvalue weighted by Gasteiger charge is 2.20. The molecule has 1 aromatic rings. The van der Waals surface area contributed by atoms with E-state index in [1.54, 1.807) is 12.1 Å². The van der Waals surface area contributed by atoms with Crippen molar-refractivity contribution in [2.75, 3.05) is 0 Å². The molecule has 17 heavy (non-hydrogen) atoms.